The fourth-order valence-electron chi connectivity index (χ4n) is 3.77. The normalized spacial score (nSPS) is 27.2. The van der Waals surface area contributed by atoms with Crippen LogP contribution in [0.25, 0.3) is 0 Å². The van der Waals surface area contributed by atoms with E-state index in [4.69, 9.17) is 10.5 Å². The molecule has 1 saturated carbocycles. The predicted octanol–water partition coefficient (Wildman–Crippen LogP) is 2.89. The first-order valence-corrected chi connectivity index (χ1v) is 7.83. The molecule has 0 radical (unpaired) electrons. The third-order valence-electron chi connectivity index (χ3n) is 5.00. The summed E-state index contributed by atoms with van der Waals surface area (Å²) in [4.78, 5) is 2.63. The van der Waals surface area contributed by atoms with Gasteiger partial charge < -0.3 is 10.5 Å². The van der Waals surface area contributed by atoms with Crippen LogP contribution in [0.1, 0.15) is 53.4 Å². The largest absolute Gasteiger partial charge is 0.383 e. The van der Waals surface area contributed by atoms with Gasteiger partial charge in [-0.25, -0.2) is 0 Å². The molecule has 0 saturated heterocycles. The number of hydrogen-bond donors (Lipinski definition) is 1. The molecule has 3 nitrogen and oxygen atoms in total. The van der Waals surface area contributed by atoms with Crippen LogP contribution in [0.3, 0.4) is 0 Å². The van der Waals surface area contributed by atoms with E-state index in [1.54, 1.807) is 7.11 Å². The van der Waals surface area contributed by atoms with E-state index in [9.17, 15) is 0 Å². The van der Waals surface area contributed by atoms with Gasteiger partial charge in [0.2, 0.25) is 0 Å². The van der Waals surface area contributed by atoms with Crippen molar-refractivity contribution in [3.8, 4) is 0 Å². The summed E-state index contributed by atoms with van der Waals surface area (Å²) in [5.74, 6) is 0.665. The van der Waals surface area contributed by atoms with Crippen LogP contribution in [-0.2, 0) is 4.74 Å². The minimum Gasteiger partial charge on any atom is -0.383 e. The molecule has 0 aliphatic heterocycles. The van der Waals surface area contributed by atoms with Crippen molar-refractivity contribution in [2.45, 2.75) is 58.9 Å². The Bertz CT molecular complexity index is 265. The Balaban J connectivity index is 2.97. The lowest BCUT2D eigenvalue weighted by molar-refractivity contribution is -0.0580. The molecule has 1 fully saturated rings. The zero-order valence-electron chi connectivity index (χ0n) is 13.7. The molecule has 1 atom stereocenters. The van der Waals surface area contributed by atoms with E-state index in [0.717, 1.165) is 26.2 Å². The molecule has 0 bridgehead atoms. The average molecular weight is 270 g/mol. The van der Waals surface area contributed by atoms with Gasteiger partial charge in [0.15, 0.2) is 0 Å². The molecule has 0 aromatic carbocycles. The first kappa shape index (κ1) is 16.9. The van der Waals surface area contributed by atoms with Crippen molar-refractivity contribution in [3.63, 3.8) is 0 Å². The highest BCUT2D eigenvalue weighted by atomic mass is 16.5. The summed E-state index contributed by atoms with van der Waals surface area (Å²) in [6.45, 7) is 13.1. The first-order valence-electron chi connectivity index (χ1n) is 7.83. The maximum Gasteiger partial charge on any atom is 0.0589 e. The van der Waals surface area contributed by atoms with Gasteiger partial charge in [0, 0.05) is 32.3 Å². The third-order valence-corrected chi connectivity index (χ3v) is 5.00. The van der Waals surface area contributed by atoms with Crippen LogP contribution in [0.5, 0.6) is 0 Å². The summed E-state index contributed by atoms with van der Waals surface area (Å²) >= 11 is 0. The van der Waals surface area contributed by atoms with E-state index in [1.165, 1.54) is 25.7 Å². The first-order chi connectivity index (χ1) is 8.89. The van der Waals surface area contributed by atoms with Crippen LogP contribution in [0, 0.1) is 11.3 Å². The molecule has 19 heavy (non-hydrogen) atoms. The highest BCUT2D eigenvalue weighted by Gasteiger charge is 2.49. The van der Waals surface area contributed by atoms with E-state index in [2.05, 4.69) is 32.6 Å². The van der Waals surface area contributed by atoms with Crippen LogP contribution in [0.2, 0.25) is 0 Å². The summed E-state index contributed by atoms with van der Waals surface area (Å²) in [6, 6.07) is 0. The Morgan fingerprint density at radius 3 is 2.32 bits per heavy atom. The predicted molar refractivity (Wildman–Crippen MR) is 82.3 cm³/mol. The maximum atomic E-state index is 6.28. The summed E-state index contributed by atoms with van der Waals surface area (Å²) in [6.07, 6.45) is 5.16. The molecule has 0 aromatic rings. The number of nitrogens with zero attached hydrogens (tertiary/aromatic N) is 1. The van der Waals surface area contributed by atoms with Crippen LogP contribution >= 0.6 is 0 Å². The standard InChI is InChI=1S/C16H34N2O/c1-14(2)12-18(10-11-19-5)16(13-17)9-7-6-8-15(16,3)4/h14H,6-13,17H2,1-5H3. The molecule has 1 rings (SSSR count). The van der Waals surface area contributed by atoms with Crippen LogP contribution in [-0.4, -0.2) is 43.8 Å². The van der Waals surface area contributed by atoms with Gasteiger partial charge in [-0.15, -0.1) is 0 Å². The topological polar surface area (TPSA) is 38.5 Å². The summed E-state index contributed by atoms with van der Waals surface area (Å²) in [5, 5.41) is 0. The second kappa shape index (κ2) is 7.05. The van der Waals surface area contributed by atoms with Crippen molar-refractivity contribution in [2.75, 3.05) is 33.4 Å². The van der Waals surface area contributed by atoms with Gasteiger partial charge in [-0.1, -0.05) is 40.5 Å². The fraction of sp³-hybridized carbons (Fsp3) is 1.00. The van der Waals surface area contributed by atoms with Crippen LogP contribution in [0.4, 0.5) is 0 Å². The van der Waals surface area contributed by atoms with Crippen LogP contribution in [0.15, 0.2) is 0 Å². The van der Waals surface area contributed by atoms with Crippen molar-refractivity contribution in [3.05, 3.63) is 0 Å². The SMILES string of the molecule is COCCN(CC(C)C)C1(CN)CCCCC1(C)C. The minimum absolute atomic E-state index is 0.147. The van der Waals surface area contributed by atoms with Gasteiger partial charge in [0.05, 0.1) is 6.61 Å². The summed E-state index contributed by atoms with van der Waals surface area (Å²) in [5.41, 5.74) is 6.72. The lowest BCUT2D eigenvalue weighted by Crippen LogP contribution is -2.64. The zero-order valence-corrected chi connectivity index (χ0v) is 13.7. The van der Waals surface area contributed by atoms with E-state index in [1.807, 2.05) is 0 Å². The van der Waals surface area contributed by atoms with Gasteiger partial charge >= 0.3 is 0 Å². The molecule has 0 heterocycles. The number of hydrogen-bond acceptors (Lipinski definition) is 3. The maximum absolute atomic E-state index is 6.28. The Hall–Kier alpha value is -0.120. The Morgan fingerprint density at radius 2 is 1.84 bits per heavy atom. The van der Waals surface area contributed by atoms with E-state index < -0.39 is 0 Å². The monoisotopic (exact) mass is 270 g/mol. The van der Waals surface area contributed by atoms with Gasteiger partial charge in [-0.05, 0) is 24.2 Å². The molecule has 0 spiro atoms. The van der Waals surface area contributed by atoms with E-state index in [-0.39, 0.29) is 5.54 Å². The third kappa shape index (κ3) is 3.71. The fourth-order valence-corrected chi connectivity index (χ4v) is 3.77. The molecule has 0 aromatic heterocycles. The zero-order chi connectivity index (χ0) is 14.5. The summed E-state index contributed by atoms with van der Waals surface area (Å²) in [7, 11) is 1.79. The number of methoxy groups -OCH3 is 1. The van der Waals surface area contributed by atoms with Gasteiger partial charge in [-0.2, -0.15) is 0 Å². The number of ether oxygens (including phenoxy) is 1. The second-order valence-electron chi connectivity index (χ2n) is 7.16. The molecule has 1 aliphatic rings. The molecular formula is C16H34N2O. The van der Waals surface area contributed by atoms with Gasteiger partial charge in [-0.3, -0.25) is 4.90 Å². The smallest absolute Gasteiger partial charge is 0.0589 e. The van der Waals surface area contributed by atoms with Crippen molar-refractivity contribution >= 4 is 0 Å². The highest BCUT2D eigenvalue weighted by molar-refractivity contribution is 5.05. The Kier molecular flexibility index (Phi) is 6.28. The summed E-state index contributed by atoms with van der Waals surface area (Å²) < 4.78 is 5.32. The number of rotatable bonds is 7. The van der Waals surface area contributed by atoms with Crippen LogP contribution < -0.4 is 5.73 Å². The minimum atomic E-state index is 0.147. The lowest BCUT2D eigenvalue weighted by Gasteiger charge is -2.56. The van der Waals surface area contributed by atoms with Crippen molar-refractivity contribution < 1.29 is 4.74 Å². The molecule has 1 aliphatic carbocycles. The van der Waals surface area contributed by atoms with Crippen molar-refractivity contribution in [1.29, 1.82) is 0 Å². The van der Waals surface area contributed by atoms with Crippen molar-refractivity contribution in [2.24, 2.45) is 17.1 Å². The Morgan fingerprint density at radius 1 is 1.21 bits per heavy atom. The second-order valence-corrected chi connectivity index (χ2v) is 7.16. The molecule has 114 valence electrons. The highest BCUT2D eigenvalue weighted by Crippen LogP contribution is 2.47. The van der Waals surface area contributed by atoms with E-state index >= 15 is 0 Å². The van der Waals surface area contributed by atoms with Gasteiger partial charge in [0.1, 0.15) is 0 Å². The van der Waals surface area contributed by atoms with E-state index in [0.29, 0.717) is 11.3 Å². The molecular weight excluding hydrogens is 236 g/mol. The molecule has 1 unspecified atom stereocenters. The van der Waals surface area contributed by atoms with Gasteiger partial charge in [0.25, 0.3) is 0 Å². The number of nitrogens with two attached hydrogens (primary N) is 1. The Labute approximate surface area is 119 Å². The van der Waals surface area contributed by atoms with Crippen molar-refractivity contribution in [1.82, 2.24) is 4.90 Å². The molecule has 3 heteroatoms. The quantitative estimate of drug-likeness (QED) is 0.773. The average Bonchev–Trinajstić information content (AvgIpc) is 2.34. The molecule has 0 amide bonds. The lowest BCUT2D eigenvalue weighted by atomic mass is 9.62. The molecule has 2 N–H and O–H groups in total.